The van der Waals surface area contributed by atoms with Crippen LogP contribution in [0, 0.1) is 11.6 Å². The molecule has 0 aliphatic carbocycles. The molecule has 4 N–H and O–H groups in total. The molecule has 2 aromatic carbocycles. The molecule has 1 aromatic heterocycles. The zero-order valence-electron chi connectivity index (χ0n) is 21.8. The van der Waals surface area contributed by atoms with Gasteiger partial charge in [0.1, 0.15) is 17.2 Å². The van der Waals surface area contributed by atoms with Crippen molar-refractivity contribution >= 4 is 34.2 Å². The van der Waals surface area contributed by atoms with E-state index in [9.17, 15) is 19.1 Å². The lowest BCUT2D eigenvalue weighted by Gasteiger charge is -2.30. The lowest BCUT2D eigenvalue weighted by atomic mass is 9.97. The topological polar surface area (TPSA) is 140 Å². The van der Waals surface area contributed by atoms with Crippen LogP contribution < -0.4 is 20.5 Å². The van der Waals surface area contributed by atoms with E-state index in [1.165, 1.54) is 37.3 Å². The van der Waals surface area contributed by atoms with Crippen molar-refractivity contribution in [3.63, 3.8) is 0 Å². The van der Waals surface area contributed by atoms with Crippen LogP contribution in [0.4, 0.5) is 14.6 Å². The summed E-state index contributed by atoms with van der Waals surface area (Å²) in [7, 11) is 2.64. The average molecular weight is 542 g/mol. The van der Waals surface area contributed by atoms with E-state index < -0.39 is 11.8 Å². The third-order valence-electron chi connectivity index (χ3n) is 6.63. The van der Waals surface area contributed by atoms with Gasteiger partial charge in [0.05, 0.1) is 26.3 Å². The van der Waals surface area contributed by atoms with Crippen molar-refractivity contribution in [3.05, 3.63) is 58.9 Å². The highest BCUT2D eigenvalue weighted by Crippen LogP contribution is 2.38. The minimum Gasteiger partial charge on any atom is -0.493 e. The fraction of sp³-hybridized carbons (Fsp3) is 0.333. The summed E-state index contributed by atoms with van der Waals surface area (Å²) >= 11 is 0. The molecule has 10 nitrogen and oxygen atoms in total. The summed E-state index contributed by atoms with van der Waals surface area (Å²) in [6.07, 6.45) is 0.170. The number of hydrogen-bond donors (Lipinski definition) is 3. The number of nitrogens with two attached hydrogens (primary N) is 1. The first-order valence-electron chi connectivity index (χ1n) is 12.3. The number of ether oxygens (including phenoxy) is 2. The van der Waals surface area contributed by atoms with Gasteiger partial charge in [-0.1, -0.05) is 19.1 Å². The van der Waals surface area contributed by atoms with E-state index in [0.717, 1.165) is 5.56 Å². The van der Waals surface area contributed by atoms with Crippen LogP contribution in [0.1, 0.15) is 37.2 Å². The number of nitrogen functional groups attached to an aromatic ring is 1. The number of rotatable bonds is 9. The first-order valence-corrected chi connectivity index (χ1v) is 12.3. The number of aliphatic carboxylic acids is 1. The monoisotopic (exact) mass is 541 g/mol. The van der Waals surface area contributed by atoms with E-state index in [1.807, 2.05) is 6.92 Å². The molecule has 0 bridgehead atoms. The second-order valence-corrected chi connectivity index (χ2v) is 8.95. The zero-order valence-corrected chi connectivity index (χ0v) is 21.8. The standard InChI is InChI=1S/C27H29F2N5O5/c1-4-31-19(14-5-7-15(28)8-6-14)12-21(35)34-10-9-16(18(13-34)27(36)37)26-32-23-17(25(30)33-26)11-20(38-2)24(39-3)22(23)29/h5-8,11,19,31H,4,9-10,12-13H2,1-3H3,(H,36,37)(H2,30,32,33)/t19-/m1/s1. The Balaban J connectivity index is 1.66. The molecule has 206 valence electrons. The molecule has 0 spiro atoms. The first kappa shape index (κ1) is 27.7. The number of methoxy groups -OCH3 is 2. The normalized spacial score (nSPS) is 14.4. The maximum Gasteiger partial charge on any atom is 0.333 e. The summed E-state index contributed by atoms with van der Waals surface area (Å²) in [5.74, 6) is -2.87. The predicted molar refractivity (Wildman–Crippen MR) is 140 cm³/mol. The van der Waals surface area contributed by atoms with E-state index in [4.69, 9.17) is 15.2 Å². The maximum atomic E-state index is 15.3. The molecule has 0 saturated carbocycles. The summed E-state index contributed by atoms with van der Waals surface area (Å²) in [6.45, 7) is 2.47. The van der Waals surface area contributed by atoms with Gasteiger partial charge in [0.15, 0.2) is 23.1 Å². The number of aromatic nitrogens is 2. The number of amides is 1. The van der Waals surface area contributed by atoms with Gasteiger partial charge in [-0.2, -0.15) is 0 Å². The van der Waals surface area contributed by atoms with Gasteiger partial charge in [-0.3, -0.25) is 4.79 Å². The van der Waals surface area contributed by atoms with Crippen LogP contribution >= 0.6 is 0 Å². The molecule has 0 radical (unpaired) electrons. The largest absolute Gasteiger partial charge is 0.493 e. The number of benzene rings is 2. The van der Waals surface area contributed by atoms with Gasteiger partial charge in [0.2, 0.25) is 5.91 Å². The molecule has 0 fully saturated rings. The highest BCUT2D eigenvalue weighted by molar-refractivity contribution is 5.99. The van der Waals surface area contributed by atoms with Crippen LogP contribution in [0.2, 0.25) is 0 Å². The summed E-state index contributed by atoms with van der Waals surface area (Å²) in [6, 6.07) is 6.95. The quantitative estimate of drug-likeness (QED) is 0.372. The Labute approximate surface area is 223 Å². The van der Waals surface area contributed by atoms with Crippen molar-refractivity contribution in [2.45, 2.75) is 25.8 Å². The summed E-state index contributed by atoms with van der Waals surface area (Å²) in [5.41, 5.74) is 6.89. The third kappa shape index (κ3) is 5.60. The number of carboxylic acids is 1. The maximum absolute atomic E-state index is 15.3. The summed E-state index contributed by atoms with van der Waals surface area (Å²) in [5, 5.41) is 13.4. The summed E-state index contributed by atoms with van der Waals surface area (Å²) in [4.78, 5) is 35.5. The number of nitrogens with zero attached hydrogens (tertiary/aromatic N) is 3. The molecule has 1 atom stereocenters. The lowest BCUT2D eigenvalue weighted by molar-refractivity contribution is -0.134. The Morgan fingerprint density at radius 3 is 2.51 bits per heavy atom. The smallest absolute Gasteiger partial charge is 0.333 e. The highest BCUT2D eigenvalue weighted by atomic mass is 19.1. The second-order valence-electron chi connectivity index (χ2n) is 8.95. The van der Waals surface area contributed by atoms with Gasteiger partial charge in [0.25, 0.3) is 0 Å². The minimum atomic E-state index is -1.25. The van der Waals surface area contributed by atoms with Gasteiger partial charge in [0, 0.05) is 30.0 Å². The second kappa shape index (κ2) is 11.6. The number of carbonyl (C=O) groups is 2. The van der Waals surface area contributed by atoms with Gasteiger partial charge in [-0.05, 0) is 36.7 Å². The fourth-order valence-electron chi connectivity index (χ4n) is 4.66. The number of anilines is 1. The molecule has 1 aliphatic heterocycles. The molecule has 39 heavy (non-hydrogen) atoms. The third-order valence-corrected chi connectivity index (χ3v) is 6.63. The molecular formula is C27H29F2N5O5. The number of carboxylic acid groups (broad SMARTS) is 1. The van der Waals surface area contributed by atoms with E-state index >= 15 is 4.39 Å². The molecule has 3 aromatic rings. The fourth-order valence-corrected chi connectivity index (χ4v) is 4.66. The van der Waals surface area contributed by atoms with Crippen LogP contribution in [0.25, 0.3) is 16.5 Å². The Hall–Kier alpha value is -4.32. The first-order chi connectivity index (χ1) is 18.7. The van der Waals surface area contributed by atoms with Crippen LogP contribution in [0.15, 0.2) is 35.9 Å². The molecule has 0 saturated heterocycles. The number of fused-ring (bicyclic) bond motifs is 1. The van der Waals surface area contributed by atoms with Crippen molar-refractivity contribution in [1.29, 1.82) is 0 Å². The number of halogens is 2. The van der Waals surface area contributed by atoms with Crippen LogP contribution in [0.5, 0.6) is 11.5 Å². The molecule has 12 heteroatoms. The summed E-state index contributed by atoms with van der Waals surface area (Å²) < 4.78 is 38.9. The van der Waals surface area contributed by atoms with Crippen LogP contribution in [0.3, 0.4) is 0 Å². The zero-order chi connectivity index (χ0) is 28.3. The molecule has 1 amide bonds. The Morgan fingerprint density at radius 1 is 1.18 bits per heavy atom. The Kier molecular flexibility index (Phi) is 8.24. The average Bonchev–Trinajstić information content (AvgIpc) is 2.93. The van der Waals surface area contributed by atoms with E-state index in [0.29, 0.717) is 6.54 Å². The van der Waals surface area contributed by atoms with Crippen molar-refractivity contribution in [2.24, 2.45) is 0 Å². The lowest BCUT2D eigenvalue weighted by Crippen LogP contribution is -2.40. The van der Waals surface area contributed by atoms with Gasteiger partial charge in [-0.15, -0.1) is 0 Å². The van der Waals surface area contributed by atoms with Gasteiger partial charge in [-0.25, -0.2) is 23.5 Å². The van der Waals surface area contributed by atoms with E-state index in [1.54, 1.807) is 12.1 Å². The van der Waals surface area contributed by atoms with Crippen molar-refractivity contribution in [2.75, 3.05) is 39.6 Å². The molecular weight excluding hydrogens is 512 g/mol. The predicted octanol–water partition coefficient (Wildman–Crippen LogP) is 3.32. The van der Waals surface area contributed by atoms with E-state index in [-0.39, 0.29) is 88.9 Å². The Morgan fingerprint density at radius 2 is 1.90 bits per heavy atom. The molecule has 4 rings (SSSR count). The SMILES string of the molecule is CCN[C@H](CC(=O)N1CCC(c2nc(N)c3cc(OC)c(OC)c(F)c3n2)=C(C(=O)O)C1)c1ccc(F)cc1. The van der Waals surface area contributed by atoms with Crippen molar-refractivity contribution in [3.8, 4) is 11.5 Å². The van der Waals surface area contributed by atoms with E-state index in [2.05, 4.69) is 15.3 Å². The van der Waals surface area contributed by atoms with Crippen LogP contribution in [-0.4, -0.2) is 65.7 Å². The number of nitrogens with one attached hydrogen (secondary N) is 1. The van der Waals surface area contributed by atoms with Gasteiger partial charge < -0.3 is 30.5 Å². The number of carbonyl (C=O) groups excluding carboxylic acids is 1. The Bertz CT molecular complexity index is 1440. The molecule has 2 heterocycles. The van der Waals surface area contributed by atoms with Crippen molar-refractivity contribution in [1.82, 2.24) is 20.2 Å². The van der Waals surface area contributed by atoms with Crippen molar-refractivity contribution < 1.29 is 33.0 Å². The highest BCUT2D eigenvalue weighted by Gasteiger charge is 2.31. The van der Waals surface area contributed by atoms with Gasteiger partial charge >= 0.3 is 5.97 Å². The molecule has 1 aliphatic rings. The van der Waals surface area contributed by atoms with Crippen LogP contribution in [-0.2, 0) is 9.59 Å². The minimum absolute atomic E-state index is 0.0348. The number of hydrogen-bond acceptors (Lipinski definition) is 8. The molecule has 0 unspecified atom stereocenters.